The third-order valence-electron chi connectivity index (χ3n) is 3.87. The minimum absolute atomic E-state index is 0.0932. The van der Waals surface area contributed by atoms with Crippen LogP contribution in [0.1, 0.15) is 43.5 Å². The summed E-state index contributed by atoms with van der Waals surface area (Å²) in [7, 11) is 0. The second-order valence-electron chi connectivity index (χ2n) is 6.34. The van der Waals surface area contributed by atoms with Gasteiger partial charge in [-0.05, 0) is 43.9 Å². The Morgan fingerprint density at radius 1 is 1.32 bits per heavy atom. The quantitative estimate of drug-likeness (QED) is 0.773. The number of carbonyl (C=O) groups excluding carboxylic acids is 2. The Balaban J connectivity index is 1.95. The molecule has 0 aliphatic heterocycles. The predicted octanol–water partition coefficient (Wildman–Crippen LogP) is 2.23. The number of anilines is 1. The summed E-state index contributed by atoms with van der Waals surface area (Å²) in [5.41, 5.74) is 6.16. The number of benzene rings is 1. The number of hydrogen-bond donors (Lipinski definition) is 2. The van der Waals surface area contributed by atoms with E-state index in [-0.39, 0.29) is 5.91 Å². The van der Waals surface area contributed by atoms with E-state index in [4.69, 9.17) is 5.73 Å². The number of nitrogens with one attached hydrogen (secondary N) is 1. The van der Waals surface area contributed by atoms with Crippen LogP contribution in [0.25, 0.3) is 0 Å². The Bertz CT molecular complexity index is 538. The van der Waals surface area contributed by atoms with Crippen LogP contribution in [0, 0.1) is 5.92 Å². The second kappa shape index (κ2) is 7.40. The summed E-state index contributed by atoms with van der Waals surface area (Å²) in [6.45, 7) is 5.68. The molecule has 1 aliphatic rings. The van der Waals surface area contributed by atoms with Crippen molar-refractivity contribution in [2.75, 3.05) is 18.4 Å². The van der Waals surface area contributed by atoms with E-state index >= 15 is 0 Å². The van der Waals surface area contributed by atoms with Gasteiger partial charge in [-0.25, -0.2) is 0 Å². The van der Waals surface area contributed by atoms with E-state index in [1.807, 2.05) is 0 Å². The Morgan fingerprint density at radius 2 is 2.00 bits per heavy atom. The minimum atomic E-state index is -0.533. The zero-order valence-electron chi connectivity index (χ0n) is 13.3. The molecule has 120 valence electrons. The molecule has 1 fully saturated rings. The van der Waals surface area contributed by atoms with Crippen molar-refractivity contribution in [1.29, 1.82) is 0 Å². The molecular weight excluding hydrogens is 278 g/mol. The van der Waals surface area contributed by atoms with Gasteiger partial charge in [0.05, 0.1) is 17.8 Å². The summed E-state index contributed by atoms with van der Waals surface area (Å²) in [6, 6.07) is 7.37. The van der Waals surface area contributed by atoms with Crippen LogP contribution in [0.2, 0.25) is 0 Å². The van der Waals surface area contributed by atoms with Crippen LogP contribution in [0.4, 0.5) is 5.69 Å². The molecule has 1 aliphatic carbocycles. The summed E-state index contributed by atoms with van der Waals surface area (Å²) in [4.78, 5) is 25.9. The number of rotatable bonds is 8. The van der Waals surface area contributed by atoms with Crippen molar-refractivity contribution in [3.05, 3.63) is 29.8 Å². The molecule has 0 aromatic heterocycles. The molecular formula is C17H25N3O2. The Kier molecular flexibility index (Phi) is 5.55. The molecule has 0 saturated heterocycles. The molecule has 0 unspecified atom stereocenters. The van der Waals surface area contributed by atoms with E-state index in [0.717, 1.165) is 13.0 Å². The van der Waals surface area contributed by atoms with Crippen LogP contribution in [-0.2, 0) is 4.79 Å². The van der Waals surface area contributed by atoms with Gasteiger partial charge in [-0.1, -0.05) is 26.0 Å². The molecule has 5 heteroatoms. The lowest BCUT2D eigenvalue weighted by Gasteiger charge is -2.22. The van der Waals surface area contributed by atoms with Crippen molar-refractivity contribution in [2.45, 2.75) is 39.2 Å². The van der Waals surface area contributed by atoms with Crippen LogP contribution in [-0.4, -0.2) is 35.8 Å². The molecule has 3 N–H and O–H groups in total. The minimum Gasteiger partial charge on any atom is -0.366 e. The zero-order valence-corrected chi connectivity index (χ0v) is 13.3. The normalized spacial score (nSPS) is 14.4. The first kappa shape index (κ1) is 16.5. The van der Waals surface area contributed by atoms with Crippen molar-refractivity contribution >= 4 is 17.5 Å². The van der Waals surface area contributed by atoms with Crippen LogP contribution >= 0.6 is 0 Å². The summed E-state index contributed by atoms with van der Waals surface area (Å²) >= 11 is 0. The lowest BCUT2D eigenvalue weighted by molar-refractivity contribution is -0.117. The fraction of sp³-hybridized carbons (Fsp3) is 0.529. The maximum Gasteiger partial charge on any atom is 0.250 e. The Morgan fingerprint density at radius 3 is 2.59 bits per heavy atom. The van der Waals surface area contributed by atoms with Crippen LogP contribution in [0.15, 0.2) is 24.3 Å². The number of nitrogens with zero attached hydrogens (tertiary/aromatic N) is 1. The fourth-order valence-corrected chi connectivity index (χ4v) is 2.44. The first-order chi connectivity index (χ1) is 10.5. The van der Waals surface area contributed by atoms with Gasteiger partial charge in [0.2, 0.25) is 5.91 Å². The van der Waals surface area contributed by atoms with Crippen molar-refractivity contribution < 1.29 is 9.59 Å². The Hall–Kier alpha value is -1.88. The highest BCUT2D eigenvalue weighted by molar-refractivity contribution is 6.03. The van der Waals surface area contributed by atoms with Gasteiger partial charge >= 0.3 is 0 Å². The maximum atomic E-state index is 12.3. The van der Waals surface area contributed by atoms with Gasteiger partial charge in [0.25, 0.3) is 5.91 Å². The SMILES string of the molecule is CC(C)CCN(CC(=O)Nc1ccccc1C(N)=O)C1CC1. The van der Waals surface area contributed by atoms with Crippen molar-refractivity contribution in [3.8, 4) is 0 Å². The van der Waals surface area contributed by atoms with E-state index in [0.29, 0.717) is 29.8 Å². The molecule has 0 heterocycles. The molecule has 1 aromatic carbocycles. The van der Waals surface area contributed by atoms with Crippen molar-refractivity contribution in [1.82, 2.24) is 4.90 Å². The maximum absolute atomic E-state index is 12.3. The predicted molar refractivity (Wildman–Crippen MR) is 87.6 cm³/mol. The molecule has 1 saturated carbocycles. The third-order valence-corrected chi connectivity index (χ3v) is 3.87. The average molecular weight is 303 g/mol. The van der Waals surface area contributed by atoms with Gasteiger partial charge in [0, 0.05) is 6.04 Å². The third kappa shape index (κ3) is 4.84. The Labute approximate surface area is 131 Å². The van der Waals surface area contributed by atoms with Gasteiger partial charge in [0.1, 0.15) is 0 Å². The van der Waals surface area contributed by atoms with Crippen LogP contribution < -0.4 is 11.1 Å². The lowest BCUT2D eigenvalue weighted by atomic mass is 10.1. The highest BCUT2D eigenvalue weighted by atomic mass is 16.2. The number of nitrogens with two attached hydrogens (primary N) is 1. The number of para-hydroxylation sites is 1. The lowest BCUT2D eigenvalue weighted by Crippen LogP contribution is -2.36. The van der Waals surface area contributed by atoms with E-state index in [1.54, 1.807) is 24.3 Å². The second-order valence-corrected chi connectivity index (χ2v) is 6.34. The monoisotopic (exact) mass is 303 g/mol. The van der Waals surface area contributed by atoms with E-state index in [2.05, 4.69) is 24.1 Å². The molecule has 0 spiro atoms. The molecule has 2 rings (SSSR count). The molecule has 0 atom stereocenters. The first-order valence-electron chi connectivity index (χ1n) is 7.90. The van der Waals surface area contributed by atoms with Crippen LogP contribution in [0.5, 0.6) is 0 Å². The largest absolute Gasteiger partial charge is 0.366 e. The van der Waals surface area contributed by atoms with E-state index in [9.17, 15) is 9.59 Å². The highest BCUT2D eigenvalue weighted by Crippen LogP contribution is 2.27. The fourth-order valence-electron chi connectivity index (χ4n) is 2.44. The summed E-state index contributed by atoms with van der Waals surface area (Å²) in [5.74, 6) is -0.000915. The van der Waals surface area contributed by atoms with Crippen LogP contribution in [0.3, 0.4) is 0 Å². The smallest absolute Gasteiger partial charge is 0.250 e. The molecule has 22 heavy (non-hydrogen) atoms. The molecule has 5 nitrogen and oxygen atoms in total. The standard InChI is InChI=1S/C17H25N3O2/c1-12(2)9-10-20(13-7-8-13)11-16(21)19-15-6-4-3-5-14(15)17(18)22/h3-6,12-13H,7-11H2,1-2H3,(H2,18,22)(H,19,21). The molecule has 0 bridgehead atoms. The molecule has 0 radical (unpaired) electrons. The van der Waals surface area contributed by atoms with E-state index < -0.39 is 5.91 Å². The van der Waals surface area contributed by atoms with Crippen molar-refractivity contribution in [3.63, 3.8) is 0 Å². The zero-order chi connectivity index (χ0) is 16.1. The number of carbonyl (C=O) groups is 2. The number of amides is 2. The average Bonchev–Trinajstić information content (AvgIpc) is 3.28. The highest BCUT2D eigenvalue weighted by Gasteiger charge is 2.30. The van der Waals surface area contributed by atoms with Gasteiger partial charge in [-0.15, -0.1) is 0 Å². The number of primary amides is 1. The topological polar surface area (TPSA) is 75.4 Å². The van der Waals surface area contributed by atoms with Gasteiger partial charge in [0.15, 0.2) is 0 Å². The van der Waals surface area contributed by atoms with Gasteiger partial charge < -0.3 is 11.1 Å². The van der Waals surface area contributed by atoms with E-state index in [1.165, 1.54) is 12.8 Å². The number of hydrogen-bond acceptors (Lipinski definition) is 3. The summed E-state index contributed by atoms with van der Waals surface area (Å²) < 4.78 is 0. The summed E-state index contributed by atoms with van der Waals surface area (Å²) in [6.07, 6.45) is 3.42. The van der Waals surface area contributed by atoms with Gasteiger partial charge in [-0.2, -0.15) is 0 Å². The summed E-state index contributed by atoms with van der Waals surface area (Å²) in [5, 5.41) is 2.81. The molecule has 1 aromatic rings. The first-order valence-corrected chi connectivity index (χ1v) is 7.90. The van der Waals surface area contributed by atoms with Crippen molar-refractivity contribution in [2.24, 2.45) is 11.7 Å². The molecule has 2 amide bonds. The van der Waals surface area contributed by atoms with Gasteiger partial charge in [-0.3, -0.25) is 14.5 Å².